The number of hydrogen-bond acceptors (Lipinski definition) is 6. The first kappa shape index (κ1) is 60.1. The van der Waals surface area contributed by atoms with Crippen molar-refractivity contribution in [2.24, 2.45) is 0 Å². The molecule has 3 heterocycles. The van der Waals surface area contributed by atoms with Gasteiger partial charge < -0.3 is 33.0 Å². The van der Waals surface area contributed by atoms with E-state index in [1.54, 1.807) is 0 Å². The van der Waals surface area contributed by atoms with E-state index >= 15 is 0 Å². The third kappa shape index (κ3) is 11.3. The lowest BCUT2D eigenvalue weighted by atomic mass is 9.79. The van der Waals surface area contributed by atoms with Crippen molar-refractivity contribution in [1.82, 2.24) is 4.57 Å². The van der Waals surface area contributed by atoms with E-state index in [2.05, 4.69) is 326 Å². The molecule has 442 valence electrons. The summed E-state index contributed by atoms with van der Waals surface area (Å²) in [6, 6.07) is 76.7. The summed E-state index contributed by atoms with van der Waals surface area (Å²) < 4.78 is 28.9. The second-order valence-corrected chi connectivity index (χ2v) is 24.9. The molecule has 7 nitrogen and oxygen atoms in total. The number of allylic oxidation sites excluding steroid dienone is 10. The Bertz CT molecular complexity index is 4310. The number of nitrogens with zero attached hydrogens (tertiary/aromatic N) is 3. The predicted octanol–water partition coefficient (Wildman–Crippen LogP) is 19.9. The van der Waals surface area contributed by atoms with Gasteiger partial charge in [-0.2, -0.15) is 0 Å². The van der Waals surface area contributed by atoms with Crippen LogP contribution in [-0.2, 0) is 18.6 Å². The molecule has 0 bridgehead atoms. The summed E-state index contributed by atoms with van der Waals surface area (Å²) >= 11 is 0. The van der Waals surface area contributed by atoms with Gasteiger partial charge in [-0.25, -0.2) is 0 Å². The van der Waals surface area contributed by atoms with Gasteiger partial charge in [0.1, 0.15) is 0 Å². The van der Waals surface area contributed by atoms with Crippen LogP contribution in [0.2, 0.25) is 0 Å². The van der Waals surface area contributed by atoms with E-state index in [9.17, 15) is 0 Å². The second-order valence-electron chi connectivity index (χ2n) is 24.9. The van der Waals surface area contributed by atoms with E-state index in [0.717, 1.165) is 117 Å². The van der Waals surface area contributed by atoms with Crippen molar-refractivity contribution in [2.75, 3.05) is 9.80 Å². The van der Waals surface area contributed by atoms with Crippen LogP contribution in [0, 0.1) is 0 Å². The van der Waals surface area contributed by atoms with Gasteiger partial charge in [0.15, 0.2) is 0 Å². The average molecular weight is 1170 g/mol. The fraction of sp³-hybridized carbons (Fsp3) is 0.175. The highest BCUT2D eigenvalue weighted by atomic mass is 16.7. The standard InChI is InChI=1S/C80H77B2N3O4/c1-13-17-30-56(15-3)66-36-25-27-40-72(66)83(62-46-42-60(43-47-62)81-86-77(5,6)78(7,8)87-81)64-50-52-74-70(54-64)71-55-65(51-53-75(71)85(74)76-68(58-32-21-19-22-33-58)38-29-39-69(76)59-34-23-20-24-35-59)84(73-41-28-26-37-67(73)57(16-4)31-18-14-2)63-48-44-61(45-49-63)82-88-79(9,10)80(11,12)89-82/h13-55H,1,4H2,2-3,5-12H3/b18-14-,30-17-,56-15+,57-31+. The van der Waals surface area contributed by atoms with Crippen LogP contribution in [-0.4, -0.2) is 41.2 Å². The SMILES string of the molecule is C=C/C=C\C(=C/C)c1ccccc1N(c1ccc(B2OC(C)(C)C(C)(C)O2)cc1)c1ccc2c(c1)c1cc(N(c3ccc(B4OC(C)(C)C(C)(C)O4)cc3)c3ccccc3/C(C=C)=C/C=C\C)ccc1n2-c1c(-c2ccccc2)cccc1-c1ccccc1. The zero-order valence-corrected chi connectivity index (χ0v) is 52.9. The highest BCUT2D eigenvalue weighted by molar-refractivity contribution is 6.62. The smallest absolute Gasteiger partial charge is 0.399 e. The van der Waals surface area contributed by atoms with Crippen molar-refractivity contribution in [3.05, 3.63) is 285 Å². The first-order valence-corrected chi connectivity index (χ1v) is 30.9. The summed E-state index contributed by atoms with van der Waals surface area (Å²) in [7, 11) is -1.04. The number of anilines is 6. The fourth-order valence-electron chi connectivity index (χ4n) is 12.2. The molecule has 0 aliphatic carbocycles. The van der Waals surface area contributed by atoms with E-state index in [1.807, 2.05) is 31.2 Å². The normalized spacial score (nSPS) is 16.2. The van der Waals surface area contributed by atoms with Crippen LogP contribution in [0.4, 0.5) is 34.1 Å². The molecule has 0 saturated carbocycles. The lowest BCUT2D eigenvalue weighted by Crippen LogP contribution is -2.41. The number of para-hydroxylation sites is 3. The minimum Gasteiger partial charge on any atom is -0.399 e. The summed E-state index contributed by atoms with van der Waals surface area (Å²) in [5.74, 6) is 0. The van der Waals surface area contributed by atoms with E-state index in [1.165, 1.54) is 0 Å². The summed E-state index contributed by atoms with van der Waals surface area (Å²) in [6.07, 6.45) is 16.3. The van der Waals surface area contributed by atoms with E-state index in [-0.39, 0.29) is 0 Å². The Labute approximate surface area is 527 Å². The first-order valence-electron chi connectivity index (χ1n) is 30.9. The molecule has 9 heteroatoms. The van der Waals surface area contributed by atoms with Gasteiger partial charge in [0, 0.05) is 55.8 Å². The lowest BCUT2D eigenvalue weighted by Gasteiger charge is -2.32. The summed E-state index contributed by atoms with van der Waals surface area (Å²) in [4.78, 5) is 4.75. The molecule has 0 radical (unpaired) electrons. The number of rotatable bonds is 17. The number of aromatic nitrogens is 1. The molecule has 0 spiro atoms. The number of benzene rings is 9. The van der Waals surface area contributed by atoms with E-state index < -0.39 is 36.6 Å². The first-order chi connectivity index (χ1) is 43.0. The lowest BCUT2D eigenvalue weighted by molar-refractivity contribution is 0.00578. The molecule has 10 aromatic rings. The topological polar surface area (TPSA) is 48.3 Å². The molecule has 0 unspecified atom stereocenters. The average Bonchev–Trinajstić information content (AvgIpc) is 1.65. The predicted molar refractivity (Wildman–Crippen MR) is 378 cm³/mol. The molecule has 2 saturated heterocycles. The molecule has 2 aliphatic heterocycles. The van der Waals surface area contributed by atoms with Gasteiger partial charge in [0.2, 0.25) is 0 Å². The van der Waals surface area contributed by atoms with Crippen LogP contribution >= 0.6 is 0 Å². The van der Waals surface area contributed by atoms with Crippen molar-refractivity contribution in [3.8, 4) is 27.9 Å². The van der Waals surface area contributed by atoms with Crippen molar-refractivity contribution < 1.29 is 18.6 Å². The molecule has 1 aromatic heterocycles. The van der Waals surface area contributed by atoms with Crippen LogP contribution in [0.15, 0.2) is 274 Å². The van der Waals surface area contributed by atoms with Gasteiger partial charge in [-0.15, -0.1) is 0 Å². The molecule has 2 fully saturated rings. The van der Waals surface area contributed by atoms with Crippen LogP contribution in [0.5, 0.6) is 0 Å². The zero-order chi connectivity index (χ0) is 62.2. The van der Waals surface area contributed by atoms with Gasteiger partial charge in [-0.1, -0.05) is 201 Å². The Morgan fingerprint density at radius 2 is 0.843 bits per heavy atom. The van der Waals surface area contributed by atoms with Gasteiger partial charge in [-0.05, 0) is 175 Å². The summed E-state index contributed by atoms with van der Waals surface area (Å²) in [6.45, 7) is 29.2. The van der Waals surface area contributed by atoms with E-state index in [0.29, 0.717) is 0 Å². The molecule has 89 heavy (non-hydrogen) atoms. The molecule has 9 aromatic carbocycles. The number of hydrogen-bond donors (Lipinski definition) is 0. The Morgan fingerprint density at radius 1 is 0.438 bits per heavy atom. The third-order valence-corrected chi connectivity index (χ3v) is 18.4. The molecular formula is C80H77B2N3O4. The molecule has 2 aliphatic rings. The second kappa shape index (κ2) is 24.4. The molecule has 0 N–H and O–H groups in total. The quantitative estimate of drug-likeness (QED) is 0.0669. The van der Waals surface area contributed by atoms with Gasteiger partial charge in [0.25, 0.3) is 0 Å². The van der Waals surface area contributed by atoms with Crippen molar-refractivity contribution in [1.29, 1.82) is 0 Å². The van der Waals surface area contributed by atoms with Crippen LogP contribution in [0.3, 0.4) is 0 Å². The Balaban J connectivity index is 1.14. The van der Waals surface area contributed by atoms with Crippen LogP contribution in [0.25, 0.3) is 60.9 Å². The highest BCUT2D eigenvalue weighted by Crippen LogP contribution is 2.48. The monoisotopic (exact) mass is 1170 g/mol. The van der Waals surface area contributed by atoms with Gasteiger partial charge in [-0.3, -0.25) is 0 Å². The number of fused-ring (bicyclic) bond motifs is 3. The van der Waals surface area contributed by atoms with Crippen LogP contribution in [0.1, 0.15) is 80.4 Å². The minimum absolute atomic E-state index is 0.487. The minimum atomic E-state index is -0.519. The molecule has 0 atom stereocenters. The highest BCUT2D eigenvalue weighted by Gasteiger charge is 2.53. The Morgan fingerprint density at radius 3 is 1.25 bits per heavy atom. The fourth-order valence-corrected chi connectivity index (χ4v) is 12.2. The van der Waals surface area contributed by atoms with Crippen molar-refractivity contribution in [2.45, 2.75) is 91.6 Å². The summed E-state index contributed by atoms with van der Waals surface area (Å²) in [5.41, 5.74) is 17.7. The van der Waals surface area contributed by atoms with Crippen molar-refractivity contribution >= 4 is 92.2 Å². The van der Waals surface area contributed by atoms with Crippen molar-refractivity contribution in [3.63, 3.8) is 0 Å². The Hall–Kier alpha value is -9.21. The largest absolute Gasteiger partial charge is 0.494 e. The van der Waals surface area contributed by atoms with E-state index in [4.69, 9.17) is 18.6 Å². The van der Waals surface area contributed by atoms with Gasteiger partial charge >= 0.3 is 14.2 Å². The van der Waals surface area contributed by atoms with Gasteiger partial charge in [0.05, 0.1) is 50.5 Å². The summed E-state index contributed by atoms with van der Waals surface area (Å²) in [5, 5.41) is 2.14. The molecular weight excluding hydrogens is 1090 g/mol. The maximum Gasteiger partial charge on any atom is 0.494 e. The molecule has 12 rings (SSSR count). The molecule has 0 amide bonds. The Kier molecular flexibility index (Phi) is 16.5. The maximum absolute atomic E-state index is 6.60. The maximum atomic E-state index is 6.60. The zero-order valence-electron chi connectivity index (χ0n) is 52.9. The third-order valence-electron chi connectivity index (χ3n) is 18.4. The van der Waals surface area contributed by atoms with Crippen LogP contribution < -0.4 is 20.7 Å².